The highest BCUT2D eigenvalue weighted by molar-refractivity contribution is 5.78. The quantitative estimate of drug-likeness (QED) is 0.620. The Labute approximate surface area is 143 Å². The van der Waals surface area contributed by atoms with Gasteiger partial charge in [-0.05, 0) is 39.7 Å². The molecule has 1 aromatic rings. The molecule has 8 heteroatoms. The van der Waals surface area contributed by atoms with E-state index < -0.39 is 11.7 Å². The van der Waals surface area contributed by atoms with E-state index in [1.807, 2.05) is 26.8 Å². The first-order chi connectivity index (χ1) is 11.3. The van der Waals surface area contributed by atoms with Gasteiger partial charge in [-0.15, -0.1) is 0 Å². The fraction of sp³-hybridized carbons (Fsp3) is 0.625. The average Bonchev–Trinajstić information content (AvgIpc) is 2.52. The molecule has 1 atom stereocenters. The van der Waals surface area contributed by atoms with Gasteiger partial charge in [0.25, 0.3) is 0 Å². The van der Waals surface area contributed by atoms with Crippen LogP contribution >= 0.6 is 0 Å². The molecule has 0 radical (unpaired) electrons. The van der Waals surface area contributed by atoms with Crippen LogP contribution < -0.4 is 26.8 Å². The minimum absolute atomic E-state index is 0.122. The van der Waals surface area contributed by atoms with E-state index in [9.17, 15) is 4.79 Å². The van der Waals surface area contributed by atoms with Gasteiger partial charge in [0.15, 0.2) is 5.82 Å². The molecule has 1 fully saturated rings. The Morgan fingerprint density at radius 3 is 2.88 bits per heavy atom. The van der Waals surface area contributed by atoms with E-state index >= 15 is 0 Å². The highest BCUT2D eigenvalue weighted by Gasteiger charge is 2.23. The van der Waals surface area contributed by atoms with Crippen LogP contribution in [0.5, 0.6) is 0 Å². The molecular formula is C16H28N6O2. The zero-order valence-electron chi connectivity index (χ0n) is 14.8. The van der Waals surface area contributed by atoms with Crippen molar-refractivity contribution in [2.45, 2.75) is 45.3 Å². The molecule has 0 spiro atoms. The smallest absolute Gasteiger partial charge is 0.422 e. The number of nitrogens with zero attached hydrogens (tertiary/aromatic N) is 2. The van der Waals surface area contributed by atoms with Crippen molar-refractivity contribution in [3.05, 3.63) is 12.3 Å². The van der Waals surface area contributed by atoms with Crippen LogP contribution in [0.2, 0.25) is 0 Å². The van der Waals surface area contributed by atoms with Crippen LogP contribution in [0.1, 0.15) is 33.6 Å². The summed E-state index contributed by atoms with van der Waals surface area (Å²) in [7, 11) is 1.80. The second-order valence-electron chi connectivity index (χ2n) is 6.90. The molecule has 24 heavy (non-hydrogen) atoms. The second-order valence-corrected chi connectivity index (χ2v) is 6.90. The third kappa shape index (κ3) is 4.89. The zero-order valence-corrected chi connectivity index (χ0v) is 14.8. The molecule has 0 saturated carbocycles. The second kappa shape index (κ2) is 7.57. The van der Waals surface area contributed by atoms with Crippen molar-refractivity contribution >= 4 is 23.3 Å². The van der Waals surface area contributed by atoms with Gasteiger partial charge in [0.1, 0.15) is 5.60 Å². The maximum absolute atomic E-state index is 11.7. The molecule has 1 amide bonds. The average molecular weight is 336 g/mol. The standard InChI is InChI=1S/C16H28N6O2/c1-16(2,3)24-15(23)21-20-11-6-5-9-22(10-11)12-7-8-19-14(18-4)13(12)17/h7-8,11,20H,5-6,9-10,17H2,1-4H3,(H,18,19)(H,21,23)/t11-/m1/s1. The molecule has 0 bridgehead atoms. The summed E-state index contributed by atoms with van der Waals surface area (Å²) in [6.07, 6.45) is 3.24. The fourth-order valence-corrected chi connectivity index (χ4v) is 2.72. The molecule has 0 unspecified atom stereocenters. The van der Waals surface area contributed by atoms with Gasteiger partial charge in [0, 0.05) is 32.4 Å². The first-order valence-electron chi connectivity index (χ1n) is 8.22. The number of carbonyl (C=O) groups excluding carboxylic acids is 1. The summed E-state index contributed by atoms with van der Waals surface area (Å²) in [5.74, 6) is 0.675. The van der Waals surface area contributed by atoms with Crippen molar-refractivity contribution in [3.63, 3.8) is 0 Å². The zero-order chi connectivity index (χ0) is 17.7. The summed E-state index contributed by atoms with van der Waals surface area (Å²) in [4.78, 5) is 18.2. The van der Waals surface area contributed by atoms with Crippen LogP contribution in [0.15, 0.2) is 12.3 Å². The van der Waals surface area contributed by atoms with Crippen molar-refractivity contribution in [1.82, 2.24) is 15.8 Å². The van der Waals surface area contributed by atoms with E-state index in [0.29, 0.717) is 11.5 Å². The molecule has 1 aromatic heterocycles. The van der Waals surface area contributed by atoms with E-state index in [1.54, 1.807) is 13.2 Å². The van der Waals surface area contributed by atoms with Crippen LogP contribution in [0.4, 0.5) is 22.0 Å². The van der Waals surface area contributed by atoms with Gasteiger partial charge in [-0.3, -0.25) is 5.43 Å². The van der Waals surface area contributed by atoms with Crippen molar-refractivity contribution in [2.24, 2.45) is 0 Å². The monoisotopic (exact) mass is 336 g/mol. The number of pyridine rings is 1. The number of hydrogen-bond acceptors (Lipinski definition) is 7. The largest absolute Gasteiger partial charge is 0.443 e. The van der Waals surface area contributed by atoms with Crippen molar-refractivity contribution < 1.29 is 9.53 Å². The van der Waals surface area contributed by atoms with Crippen LogP contribution in [0, 0.1) is 0 Å². The maximum atomic E-state index is 11.7. The lowest BCUT2D eigenvalue weighted by Crippen LogP contribution is -2.53. The number of nitrogens with one attached hydrogen (secondary N) is 3. The Kier molecular flexibility index (Phi) is 5.71. The van der Waals surface area contributed by atoms with E-state index in [0.717, 1.165) is 31.6 Å². The number of ether oxygens (including phenoxy) is 1. The summed E-state index contributed by atoms with van der Waals surface area (Å²) < 4.78 is 5.23. The van der Waals surface area contributed by atoms with Crippen molar-refractivity contribution in [3.8, 4) is 0 Å². The van der Waals surface area contributed by atoms with Crippen molar-refractivity contribution in [1.29, 1.82) is 0 Å². The van der Waals surface area contributed by atoms with E-state index in [2.05, 4.69) is 26.1 Å². The van der Waals surface area contributed by atoms with Gasteiger partial charge in [0.05, 0.1) is 11.4 Å². The Hall–Kier alpha value is -2.22. The topological polar surface area (TPSA) is 105 Å². The summed E-state index contributed by atoms with van der Waals surface area (Å²) in [6.45, 7) is 7.16. The Morgan fingerprint density at radius 1 is 1.46 bits per heavy atom. The number of carbonyl (C=O) groups is 1. The number of hydrazine groups is 1. The molecule has 5 N–H and O–H groups in total. The van der Waals surface area contributed by atoms with Gasteiger partial charge >= 0.3 is 6.09 Å². The maximum Gasteiger partial charge on any atom is 0.422 e. The van der Waals surface area contributed by atoms with Crippen LogP contribution in [0.25, 0.3) is 0 Å². The number of anilines is 3. The minimum atomic E-state index is -0.514. The summed E-state index contributed by atoms with van der Waals surface area (Å²) in [5.41, 5.74) is 12.9. The fourth-order valence-electron chi connectivity index (χ4n) is 2.72. The molecule has 2 rings (SSSR count). The highest BCUT2D eigenvalue weighted by atomic mass is 16.6. The van der Waals surface area contributed by atoms with Gasteiger partial charge in [-0.2, -0.15) is 0 Å². The van der Waals surface area contributed by atoms with Crippen LogP contribution in [-0.2, 0) is 4.74 Å². The normalized spacial score (nSPS) is 18.2. The highest BCUT2D eigenvalue weighted by Crippen LogP contribution is 2.30. The number of amides is 1. The van der Waals surface area contributed by atoms with E-state index in [1.165, 1.54) is 0 Å². The van der Waals surface area contributed by atoms with Gasteiger partial charge in [-0.1, -0.05) is 0 Å². The van der Waals surface area contributed by atoms with E-state index in [-0.39, 0.29) is 6.04 Å². The van der Waals surface area contributed by atoms with Gasteiger partial charge in [0.2, 0.25) is 0 Å². The minimum Gasteiger partial charge on any atom is -0.443 e. The summed E-state index contributed by atoms with van der Waals surface area (Å²) in [6, 6.07) is 2.04. The SMILES string of the molecule is CNc1nccc(N2CCC[C@@H](NNC(=O)OC(C)(C)C)C2)c1N. The Balaban J connectivity index is 1.94. The lowest BCUT2D eigenvalue weighted by molar-refractivity contribution is 0.0485. The first-order valence-corrected chi connectivity index (χ1v) is 8.22. The summed E-state index contributed by atoms with van der Waals surface area (Å²) in [5, 5.41) is 3.00. The van der Waals surface area contributed by atoms with Crippen molar-refractivity contribution in [2.75, 3.05) is 36.1 Å². The lowest BCUT2D eigenvalue weighted by Gasteiger charge is -2.35. The molecule has 134 valence electrons. The van der Waals surface area contributed by atoms with Crippen LogP contribution in [0.3, 0.4) is 0 Å². The number of piperidine rings is 1. The third-order valence-electron chi connectivity index (χ3n) is 3.74. The summed E-state index contributed by atoms with van der Waals surface area (Å²) >= 11 is 0. The van der Waals surface area contributed by atoms with E-state index in [4.69, 9.17) is 10.5 Å². The molecule has 1 aliphatic rings. The molecule has 8 nitrogen and oxygen atoms in total. The number of hydrogen-bond donors (Lipinski definition) is 4. The lowest BCUT2D eigenvalue weighted by atomic mass is 10.1. The molecule has 2 heterocycles. The molecule has 1 aliphatic heterocycles. The number of nitrogens with two attached hydrogens (primary N) is 1. The van der Waals surface area contributed by atoms with Gasteiger partial charge < -0.3 is 20.7 Å². The predicted octanol–water partition coefficient (Wildman–Crippen LogP) is 1.70. The molecular weight excluding hydrogens is 308 g/mol. The Bertz CT molecular complexity index is 572. The number of rotatable bonds is 4. The number of aromatic nitrogens is 1. The van der Waals surface area contributed by atoms with Crippen LogP contribution in [-0.4, -0.2) is 42.9 Å². The number of nitrogen functional groups attached to an aromatic ring is 1. The third-order valence-corrected chi connectivity index (χ3v) is 3.74. The molecule has 1 saturated heterocycles. The van der Waals surface area contributed by atoms with Gasteiger partial charge in [-0.25, -0.2) is 15.2 Å². The first kappa shape index (κ1) is 18.1. The molecule has 0 aromatic carbocycles. The Morgan fingerprint density at radius 2 is 2.21 bits per heavy atom. The predicted molar refractivity (Wildman–Crippen MR) is 95.9 cm³/mol. The molecule has 0 aliphatic carbocycles.